The molecule has 0 spiro atoms. The first-order chi connectivity index (χ1) is 13.8. The Morgan fingerprint density at radius 3 is 1.76 bits per heavy atom. The van der Waals surface area contributed by atoms with Crippen LogP contribution in [0.4, 0.5) is 0 Å². The molecule has 0 aromatic heterocycles. The van der Waals surface area contributed by atoms with Gasteiger partial charge in [0.15, 0.2) is 0 Å². The topological polar surface area (TPSA) is 155 Å². The Morgan fingerprint density at radius 2 is 1.39 bits per heavy atom. The fourth-order valence-electron chi connectivity index (χ4n) is 2.27. The molecule has 0 bridgehead atoms. The number of carboxylic acids is 2. The second-order valence-corrected chi connectivity index (χ2v) is 11.2. The Bertz CT molecular complexity index is 1050. The van der Waals surface area contributed by atoms with E-state index >= 15 is 0 Å². The zero-order valence-electron chi connectivity index (χ0n) is 16.1. The van der Waals surface area contributed by atoms with E-state index in [1.807, 2.05) is 0 Å². The van der Waals surface area contributed by atoms with Crippen LogP contribution in [0.5, 0.6) is 5.75 Å². The number of allylic oxidation sites excluding steroid dienone is 1. The van der Waals surface area contributed by atoms with E-state index in [0.717, 1.165) is 0 Å². The van der Waals surface area contributed by atoms with Gasteiger partial charge in [-0.2, -0.15) is 8.42 Å². The number of hydrogen-bond acceptors (Lipinski definition) is 7. The van der Waals surface area contributed by atoms with Gasteiger partial charge < -0.3 is 24.9 Å². The minimum absolute atomic E-state index is 0. The predicted octanol–water partition coefficient (Wildman–Crippen LogP) is -3.54. The number of aromatic hydroxyl groups is 1. The second kappa shape index (κ2) is 12.6. The molecule has 0 heterocycles. The van der Waals surface area contributed by atoms with Crippen molar-refractivity contribution in [1.29, 1.82) is 0 Å². The van der Waals surface area contributed by atoms with Crippen molar-refractivity contribution in [1.82, 2.24) is 0 Å². The number of aliphatic carboxylic acids is 2. The van der Waals surface area contributed by atoms with Gasteiger partial charge in [-0.3, -0.25) is 4.55 Å². The predicted molar refractivity (Wildman–Crippen MR) is 114 cm³/mol. The molecule has 4 atom stereocenters. The fourth-order valence-corrected chi connectivity index (χ4v) is 5.91. The number of alkyl halides is 4. The van der Waals surface area contributed by atoms with Gasteiger partial charge in [0, 0.05) is 6.07 Å². The number of carbonyl (C=O) groups excluding carboxylic acids is 2. The molecule has 33 heavy (non-hydrogen) atoms. The van der Waals surface area contributed by atoms with Crippen LogP contribution in [-0.4, -0.2) is 49.3 Å². The van der Waals surface area contributed by atoms with Gasteiger partial charge in [0.2, 0.25) is 4.21 Å². The van der Waals surface area contributed by atoms with Crippen LogP contribution in [0.15, 0.2) is 18.2 Å². The SMILES string of the molecule is O=C([O-])C1(Cl)C=CC(Cl)C(Cl)(S(=O)(=O)O)C1(Cl)C(=O)[O-].Oc1cc(Cl)c(Cl)c(Cl)c1Cl.[Li+].[Li+]. The first-order valence-corrected chi connectivity index (χ1v) is 11.6. The molecule has 1 aromatic carbocycles. The van der Waals surface area contributed by atoms with E-state index in [9.17, 15) is 28.2 Å². The summed E-state index contributed by atoms with van der Waals surface area (Å²) in [5, 5.41) is 29.8. The molecule has 2 N–H and O–H groups in total. The standard InChI is InChI=1S/C8H6Cl4O7S.C6H2Cl4O.2Li/c9-3-1-2-6(10,4(13)14)7(11,5(15)16)8(3,12)20(17,18)19;7-2-1-3(11)5(9)6(10)4(2)8;;/h1-3H,(H,13,14)(H,15,16)(H,17,18,19);1,11H;;/q;;2*+1/p-2. The number of rotatable bonds is 3. The average Bonchev–Trinajstić information content (AvgIpc) is 2.65. The fraction of sp³-hybridized carbons (Fsp3) is 0.286. The van der Waals surface area contributed by atoms with Gasteiger partial charge in [0.1, 0.15) is 20.5 Å². The van der Waals surface area contributed by atoms with E-state index < -0.39 is 41.4 Å². The normalized spacial score (nSPS) is 28.5. The molecule has 0 saturated carbocycles. The van der Waals surface area contributed by atoms with Crippen LogP contribution in [0.25, 0.3) is 0 Å². The Hall–Kier alpha value is 1.12. The maximum Gasteiger partial charge on any atom is 1.00 e. The maximum atomic E-state index is 11.4. The molecule has 0 fully saturated rings. The van der Waals surface area contributed by atoms with Crippen LogP contribution in [0.2, 0.25) is 20.1 Å². The Balaban J connectivity index is 0. The number of hydrogen-bond donors (Lipinski definition) is 2. The molecule has 2 rings (SSSR count). The molecule has 1 aromatic rings. The number of phenols is 1. The molecule has 1 aliphatic rings. The van der Waals surface area contributed by atoms with E-state index in [0.29, 0.717) is 12.2 Å². The number of halogens is 8. The van der Waals surface area contributed by atoms with E-state index in [1.54, 1.807) is 0 Å². The summed E-state index contributed by atoms with van der Waals surface area (Å²) in [6, 6.07) is 1.23. The number of carbonyl (C=O) groups is 2. The third-order valence-electron chi connectivity index (χ3n) is 3.86. The molecule has 0 aliphatic heterocycles. The van der Waals surface area contributed by atoms with E-state index in [1.165, 1.54) is 6.07 Å². The van der Waals surface area contributed by atoms with Gasteiger partial charge in [-0.25, -0.2) is 0 Å². The van der Waals surface area contributed by atoms with Crippen molar-refractivity contribution >= 4 is 115 Å². The Labute approximate surface area is 251 Å². The van der Waals surface area contributed by atoms with Crippen molar-refractivity contribution in [2.45, 2.75) is 19.3 Å². The van der Waals surface area contributed by atoms with E-state index in [2.05, 4.69) is 0 Å². The van der Waals surface area contributed by atoms with Gasteiger partial charge in [0.25, 0.3) is 10.1 Å². The summed E-state index contributed by atoms with van der Waals surface area (Å²) in [6.07, 6.45) is 1.16. The van der Waals surface area contributed by atoms with Gasteiger partial charge in [0.05, 0.1) is 32.4 Å². The van der Waals surface area contributed by atoms with Crippen LogP contribution < -0.4 is 47.9 Å². The first kappa shape index (κ1) is 36.3. The van der Waals surface area contributed by atoms with Crippen LogP contribution in [0.1, 0.15) is 0 Å². The van der Waals surface area contributed by atoms with E-state index in [-0.39, 0.29) is 63.6 Å². The van der Waals surface area contributed by atoms with Gasteiger partial charge >= 0.3 is 37.7 Å². The zero-order valence-corrected chi connectivity index (χ0v) is 22.9. The van der Waals surface area contributed by atoms with Crippen molar-refractivity contribution in [3.63, 3.8) is 0 Å². The molecule has 4 unspecified atom stereocenters. The van der Waals surface area contributed by atoms with Crippen LogP contribution in [0.3, 0.4) is 0 Å². The van der Waals surface area contributed by atoms with E-state index in [4.69, 9.17) is 102 Å². The summed E-state index contributed by atoms with van der Waals surface area (Å²) in [6.45, 7) is 0. The van der Waals surface area contributed by atoms with Gasteiger partial charge in [-0.05, 0) is 0 Å². The van der Waals surface area contributed by atoms with Crippen LogP contribution in [0, 0.1) is 0 Å². The monoisotopic (exact) mass is 628 g/mol. The molecular formula is C14H6Cl8Li2O8S. The van der Waals surface area contributed by atoms with Crippen molar-refractivity contribution in [2.24, 2.45) is 0 Å². The Kier molecular flexibility index (Phi) is 13.8. The molecule has 0 amide bonds. The van der Waals surface area contributed by atoms with Crippen molar-refractivity contribution in [3.8, 4) is 5.75 Å². The van der Waals surface area contributed by atoms with Gasteiger partial charge in [-0.1, -0.05) is 70.2 Å². The molecular weight excluding hydrogens is 626 g/mol. The minimum Gasteiger partial charge on any atom is -0.548 e. The molecule has 8 nitrogen and oxygen atoms in total. The molecule has 174 valence electrons. The maximum absolute atomic E-state index is 11.4. The van der Waals surface area contributed by atoms with Crippen molar-refractivity contribution in [2.75, 3.05) is 0 Å². The quantitative estimate of drug-likeness (QED) is 0.0869. The summed E-state index contributed by atoms with van der Waals surface area (Å²) in [5.41, 5.74) is 0. The second-order valence-electron chi connectivity index (χ2n) is 5.65. The molecule has 0 saturated heterocycles. The van der Waals surface area contributed by atoms with Crippen LogP contribution >= 0.6 is 92.8 Å². The largest absolute Gasteiger partial charge is 1.00 e. The van der Waals surface area contributed by atoms with Crippen LogP contribution in [-0.2, 0) is 19.7 Å². The minimum atomic E-state index is -5.48. The molecule has 1 aliphatic carbocycles. The zero-order chi connectivity index (χ0) is 24.7. The third kappa shape index (κ3) is 6.17. The first-order valence-electron chi connectivity index (χ1n) is 7.12. The smallest absolute Gasteiger partial charge is 0.548 e. The number of phenolic OH excluding ortho intramolecular Hbond substituents is 1. The summed E-state index contributed by atoms with van der Waals surface area (Å²) >= 11 is 44.5. The number of benzene rings is 1. The van der Waals surface area contributed by atoms with Crippen molar-refractivity contribution in [3.05, 3.63) is 38.3 Å². The summed E-state index contributed by atoms with van der Waals surface area (Å²) in [5.74, 6) is -4.92. The van der Waals surface area contributed by atoms with Crippen molar-refractivity contribution < 1.29 is 75.6 Å². The molecule has 0 radical (unpaired) electrons. The molecule has 19 heteroatoms. The Morgan fingerprint density at radius 1 is 0.939 bits per heavy atom. The summed E-state index contributed by atoms with van der Waals surface area (Å²) in [4.78, 5) is 15.6. The third-order valence-corrected chi connectivity index (χ3v) is 10.3. The summed E-state index contributed by atoms with van der Waals surface area (Å²) in [7, 11) is -5.48. The average molecular weight is 632 g/mol. The summed E-state index contributed by atoms with van der Waals surface area (Å²) < 4.78 is 28.6. The van der Waals surface area contributed by atoms with Gasteiger partial charge in [-0.15, -0.1) is 34.8 Å². The number of carboxylic acid groups (broad SMARTS) is 2.